The number of aliphatic carboxylic acids is 1. The third kappa shape index (κ3) is 180. The van der Waals surface area contributed by atoms with Gasteiger partial charge in [0, 0.05) is 14.0 Å². The minimum Gasteiger partial charge on any atom is -0.481 e. The van der Waals surface area contributed by atoms with Crippen molar-refractivity contribution in [3.05, 3.63) is 0 Å². The molecule has 0 saturated heterocycles. The second-order valence-corrected chi connectivity index (χ2v) is 4.81. The van der Waals surface area contributed by atoms with Gasteiger partial charge in [0.15, 0.2) is 4.30 Å². The van der Waals surface area contributed by atoms with E-state index < -0.39 is 10.3 Å². The molecule has 0 bridgehead atoms. The first kappa shape index (κ1) is 26.0. The van der Waals surface area contributed by atoms with Gasteiger partial charge in [0.2, 0.25) is 0 Å². The normalized spacial score (nSPS) is 7.82. The van der Waals surface area contributed by atoms with Crippen LogP contribution in [-0.4, -0.2) is 27.6 Å². The first-order valence-electron chi connectivity index (χ1n) is 5.44. The van der Waals surface area contributed by atoms with Gasteiger partial charge >= 0.3 is 0 Å². The standard InChI is InChI=1S/C7H16.C2H4O2.CHCl3.CH4O/c1-3-5-7-6-4-2;1-2(3)4;2-1(3)4;1-2/h3-7H2,1-2H3;1H3,(H,3,4);1H;2H,1H3. The minimum atomic E-state index is -0.833. The van der Waals surface area contributed by atoms with Crippen LogP contribution < -0.4 is 0 Å². The highest BCUT2D eigenvalue weighted by molar-refractivity contribution is 6.63. The Bertz CT molecular complexity index is 112. The van der Waals surface area contributed by atoms with E-state index >= 15 is 0 Å². The summed E-state index contributed by atoms with van der Waals surface area (Å²) < 4.78 is -0.750. The van der Waals surface area contributed by atoms with Gasteiger partial charge in [-0.1, -0.05) is 80.8 Å². The Kier molecular flexibility index (Phi) is 45.7. The highest BCUT2D eigenvalue weighted by Gasteiger charge is 1.80. The van der Waals surface area contributed by atoms with Crippen LogP contribution in [0, 0.1) is 0 Å². The second-order valence-electron chi connectivity index (χ2n) is 2.83. The quantitative estimate of drug-likeness (QED) is 0.586. The molecule has 0 aromatic heterocycles. The fraction of sp³-hybridized carbons (Fsp3) is 0.909. The van der Waals surface area contributed by atoms with Gasteiger partial charge in [-0.25, -0.2) is 0 Å². The molecule has 0 aromatic rings. The Hall–Kier alpha value is 0.300. The third-order valence-corrected chi connectivity index (χ3v) is 1.21. The van der Waals surface area contributed by atoms with E-state index in [1.807, 2.05) is 0 Å². The smallest absolute Gasteiger partial charge is 0.300 e. The molecule has 17 heavy (non-hydrogen) atoms. The van der Waals surface area contributed by atoms with Crippen LogP contribution in [0.1, 0.15) is 52.9 Å². The predicted molar refractivity (Wildman–Crippen MR) is 77.2 cm³/mol. The molecule has 0 saturated carbocycles. The minimum absolute atomic E-state index is 0.750. The lowest BCUT2D eigenvalue weighted by molar-refractivity contribution is -0.134. The topological polar surface area (TPSA) is 57.5 Å². The molecule has 3 nitrogen and oxygen atoms in total. The zero-order valence-corrected chi connectivity index (χ0v) is 13.3. The Labute approximate surface area is 120 Å². The lowest BCUT2D eigenvalue weighted by Gasteiger charge is -1.90. The number of hydrogen-bond donors (Lipinski definition) is 2. The Morgan fingerprint density at radius 3 is 1.29 bits per heavy atom. The molecule has 0 heterocycles. The zero-order chi connectivity index (χ0) is 14.7. The number of aliphatic hydroxyl groups excluding tert-OH is 1. The summed E-state index contributed by atoms with van der Waals surface area (Å²) in [5.74, 6) is -0.833. The molecule has 0 atom stereocenters. The van der Waals surface area contributed by atoms with E-state index in [4.69, 9.17) is 49.8 Å². The molecule has 0 amide bonds. The predicted octanol–water partition coefficient (Wildman–Crippen LogP) is 4.66. The number of carbonyl (C=O) groups is 1. The fourth-order valence-corrected chi connectivity index (χ4v) is 0.677. The van der Waals surface area contributed by atoms with Gasteiger partial charge in [0.05, 0.1) is 0 Å². The lowest BCUT2D eigenvalue weighted by Crippen LogP contribution is -1.78. The molecular formula is C11H25Cl3O3. The third-order valence-electron chi connectivity index (χ3n) is 1.21. The molecule has 0 aromatic carbocycles. The van der Waals surface area contributed by atoms with E-state index in [9.17, 15) is 0 Å². The maximum atomic E-state index is 9.00. The van der Waals surface area contributed by atoms with Crippen molar-refractivity contribution in [3.63, 3.8) is 0 Å². The Morgan fingerprint density at radius 1 is 1.00 bits per heavy atom. The molecule has 0 aliphatic heterocycles. The zero-order valence-electron chi connectivity index (χ0n) is 11.0. The van der Waals surface area contributed by atoms with E-state index in [1.54, 1.807) is 0 Å². The average Bonchev–Trinajstić information content (AvgIpc) is 2.20. The SMILES string of the molecule is CC(=O)O.CCCCCCC.CO.ClC(Cl)Cl. The van der Waals surface area contributed by atoms with Crippen LogP contribution in [0.5, 0.6) is 0 Å². The number of hydrogen-bond acceptors (Lipinski definition) is 2. The van der Waals surface area contributed by atoms with Gasteiger partial charge in [0.25, 0.3) is 5.97 Å². The highest BCUT2D eigenvalue weighted by Crippen LogP contribution is 2.03. The van der Waals surface area contributed by atoms with Gasteiger partial charge in [-0.05, 0) is 0 Å². The number of halogens is 3. The number of carboxylic acids is 1. The average molecular weight is 312 g/mol. The molecule has 6 heteroatoms. The van der Waals surface area contributed by atoms with Crippen LogP contribution in [0.3, 0.4) is 0 Å². The molecule has 2 N–H and O–H groups in total. The number of alkyl halides is 3. The van der Waals surface area contributed by atoms with E-state index in [2.05, 4.69) is 13.8 Å². The van der Waals surface area contributed by atoms with Crippen molar-refractivity contribution in [2.75, 3.05) is 7.11 Å². The molecule has 0 rings (SSSR count). The maximum Gasteiger partial charge on any atom is 0.300 e. The van der Waals surface area contributed by atoms with Gasteiger partial charge in [-0.3, -0.25) is 4.79 Å². The molecule has 108 valence electrons. The molecule has 0 aliphatic rings. The summed E-state index contributed by atoms with van der Waals surface area (Å²) in [6.07, 6.45) is 7.01. The van der Waals surface area contributed by atoms with Crippen LogP contribution in [0.4, 0.5) is 0 Å². The lowest BCUT2D eigenvalue weighted by atomic mass is 10.2. The monoisotopic (exact) mass is 310 g/mol. The molecule has 0 unspecified atom stereocenters. The fourth-order valence-electron chi connectivity index (χ4n) is 0.677. The molecular weight excluding hydrogens is 286 g/mol. The van der Waals surface area contributed by atoms with Gasteiger partial charge in [-0.2, -0.15) is 0 Å². The van der Waals surface area contributed by atoms with Crippen LogP contribution >= 0.6 is 34.8 Å². The first-order valence-corrected chi connectivity index (χ1v) is 6.75. The van der Waals surface area contributed by atoms with E-state index in [-0.39, 0.29) is 0 Å². The van der Waals surface area contributed by atoms with E-state index in [1.165, 1.54) is 32.1 Å². The first-order chi connectivity index (χ1) is 7.88. The summed E-state index contributed by atoms with van der Waals surface area (Å²) in [6, 6.07) is 0. The summed E-state index contributed by atoms with van der Waals surface area (Å²) in [5, 5.41) is 14.4. The molecule has 0 spiro atoms. The number of rotatable bonds is 4. The number of carboxylic acid groups (broad SMARTS) is 1. The van der Waals surface area contributed by atoms with E-state index in [0.717, 1.165) is 14.0 Å². The van der Waals surface area contributed by atoms with Gasteiger partial charge in [-0.15, -0.1) is 0 Å². The summed E-state index contributed by atoms with van der Waals surface area (Å²) in [7, 11) is 1.00. The van der Waals surface area contributed by atoms with Crippen LogP contribution in [0.2, 0.25) is 0 Å². The van der Waals surface area contributed by atoms with Crippen molar-refractivity contribution in [2.24, 2.45) is 0 Å². The van der Waals surface area contributed by atoms with Crippen molar-refractivity contribution in [3.8, 4) is 0 Å². The van der Waals surface area contributed by atoms with Gasteiger partial charge in [0.1, 0.15) is 0 Å². The van der Waals surface area contributed by atoms with E-state index in [0.29, 0.717) is 0 Å². The maximum absolute atomic E-state index is 9.00. The summed E-state index contributed by atoms with van der Waals surface area (Å²) in [4.78, 5) is 9.00. The van der Waals surface area contributed by atoms with Crippen LogP contribution in [0.25, 0.3) is 0 Å². The Balaban J connectivity index is -0.0000000733. The highest BCUT2D eigenvalue weighted by atomic mass is 35.6. The molecule has 0 aliphatic carbocycles. The van der Waals surface area contributed by atoms with Gasteiger partial charge < -0.3 is 10.2 Å². The Morgan fingerprint density at radius 2 is 1.18 bits per heavy atom. The van der Waals surface area contributed by atoms with Crippen LogP contribution in [0.15, 0.2) is 0 Å². The number of unbranched alkanes of at least 4 members (excludes halogenated alkanes) is 4. The van der Waals surface area contributed by atoms with Crippen molar-refractivity contribution in [1.29, 1.82) is 0 Å². The van der Waals surface area contributed by atoms with Crippen molar-refractivity contribution in [1.82, 2.24) is 0 Å². The summed E-state index contributed by atoms with van der Waals surface area (Å²) >= 11 is 14.4. The largest absolute Gasteiger partial charge is 0.481 e. The number of aliphatic hydroxyl groups is 1. The van der Waals surface area contributed by atoms with Crippen molar-refractivity contribution >= 4 is 40.8 Å². The summed E-state index contributed by atoms with van der Waals surface area (Å²) in [5.41, 5.74) is 0. The second kappa shape index (κ2) is 29.9. The molecule has 0 fully saturated rings. The molecule has 0 radical (unpaired) electrons. The van der Waals surface area contributed by atoms with Crippen LogP contribution in [-0.2, 0) is 4.79 Å². The summed E-state index contributed by atoms with van der Waals surface area (Å²) in [6.45, 7) is 5.57. The van der Waals surface area contributed by atoms with Crippen molar-refractivity contribution < 1.29 is 15.0 Å². The van der Waals surface area contributed by atoms with Crippen molar-refractivity contribution in [2.45, 2.75) is 57.2 Å².